The Morgan fingerprint density at radius 3 is 2.86 bits per heavy atom. The molecule has 2 aromatic carbocycles. The molecule has 1 aliphatic rings. The fraction of sp³-hybridized carbons (Fsp3) is 0.364. The summed E-state index contributed by atoms with van der Waals surface area (Å²) in [5.41, 5.74) is 3.43. The summed E-state index contributed by atoms with van der Waals surface area (Å²) >= 11 is 0. The highest BCUT2D eigenvalue weighted by molar-refractivity contribution is 5.94. The van der Waals surface area contributed by atoms with Crippen LogP contribution in [0.2, 0.25) is 0 Å². The number of carbonyl (C=O) groups excluding carboxylic acids is 1. The standard InChI is InChI=1S/C22H27FN4O2/c1-14-4-5-16(13-19(14)23)15(2)26-22(24-3)25-10-11-29-18-7-8-20-17(12-18)6-9-21(28)27-20/h4-5,7-8,12-13,15H,6,9-11H2,1-3H3,(H,27,28)(H2,24,25,26). The number of anilines is 1. The van der Waals surface area contributed by atoms with E-state index in [9.17, 15) is 9.18 Å². The number of carbonyl (C=O) groups is 1. The van der Waals surface area contributed by atoms with Crippen LogP contribution in [0.25, 0.3) is 0 Å². The number of hydrogen-bond acceptors (Lipinski definition) is 3. The summed E-state index contributed by atoms with van der Waals surface area (Å²) in [7, 11) is 1.69. The molecule has 0 radical (unpaired) electrons. The first-order chi connectivity index (χ1) is 14.0. The minimum Gasteiger partial charge on any atom is -0.492 e. The van der Waals surface area contributed by atoms with E-state index in [2.05, 4.69) is 20.9 Å². The molecule has 1 aliphatic heterocycles. The van der Waals surface area contributed by atoms with Crippen LogP contribution in [-0.2, 0) is 11.2 Å². The first kappa shape index (κ1) is 20.6. The molecule has 6 nitrogen and oxygen atoms in total. The van der Waals surface area contributed by atoms with Crippen LogP contribution in [0.4, 0.5) is 10.1 Å². The van der Waals surface area contributed by atoms with Gasteiger partial charge in [-0.3, -0.25) is 9.79 Å². The van der Waals surface area contributed by atoms with Crippen LogP contribution >= 0.6 is 0 Å². The summed E-state index contributed by atoms with van der Waals surface area (Å²) in [5.74, 6) is 1.23. The van der Waals surface area contributed by atoms with Crippen molar-refractivity contribution >= 4 is 17.6 Å². The van der Waals surface area contributed by atoms with E-state index in [0.717, 1.165) is 29.0 Å². The Morgan fingerprint density at radius 1 is 1.28 bits per heavy atom. The zero-order valence-corrected chi connectivity index (χ0v) is 17.0. The third-order valence-electron chi connectivity index (χ3n) is 4.91. The number of aliphatic imine (C=N–C) groups is 1. The molecule has 154 valence electrons. The molecule has 1 amide bonds. The first-order valence-corrected chi connectivity index (χ1v) is 9.75. The van der Waals surface area contributed by atoms with Crippen LogP contribution in [0.3, 0.4) is 0 Å². The smallest absolute Gasteiger partial charge is 0.224 e. The van der Waals surface area contributed by atoms with Crippen molar-refractivity contribution in [3.05, 3.63) is 58.9 Å². The van der Waals surface area contributed by atoms with E-state index in [1.165, 1.54) is 0 Å². The molecule has 1 unspecified atom stereocenters. The van der Waals surface area contributed by atoms with Crippen LogP contribution in [0.15, 0.2) is 41.4 Å². The highest BCUT2D eigenvalue weighted by Gasteiger charge is 2.15. The summed E-state index contributed by atoms with van der Waals surface area (Å²) in [6, 6.07) is 10.8. The van der Waals surface area contributed by atoms with Crippen molar-refractivity contribution in [3.63, 3.8) is 0 Å². The van der Waals surface area contributed by atoms with Crippen LogP contribution in [-0.4, -0.2) is 32.1 Å². The van der Waals surface area contributed by atoms with Crippen molar-refractivity contribution in [3.8, 4) is 5.75 Å². The van der Waals surface area contributed by atoms with Crippen molar-refractivity contribution < 1.29 is 13.9 Å². The van der Waals surface area contributed by atoms with E-state index in [1.807, 2.05) is 31.2 Å². The Kier molecular flexibility index (Phi) is 6.69. The third kappa shape index (κ3) is 5.47. The highest BCUT2D eigenvalue weighted by atomic mass is 19.1. The summed E-state index contributed by atoms with van der Waals surface area (Å²) in [5, 5.41) is 9.31. The van der Waals surface area contributed by atoms with Gasteiger partial charge < -0.3 is 20.7 Å². The fourth-order valence-electron chi connectivity index (χ4n) is 3.15. The van der Waals surface area contributed by atoms with Gasteiger partial charge in [0.05, 0.1) is 12.6 Å². The Bertz CT molecular complexity index is 914. The van der Waals surface area contributed by atoms with Gasteiger partial charge >= 0.3 is 0 Å². The molecule has 0 fully saturated rings. The Labute approximate surface area is 170 Å². The SMILES string of the molecule is CN=C(NCCOc1ccc2c(c1)CCC(=O)N2)NC(C)c1ccc(C)c(F)c1. The molecule has 0 saturated heterocycles. The number of nitrogens with zero attached hydrogens (tertiary/aromatic N) is 1. The molecule has 0 aromatic heterocycles. The monoisotopic (exact) mass is 398 g/mol. The van der Waals surface area contributed by atoms with Gasteiger partial charge in [0.25, 0.3) is 0 Å². The van der Waals surface area contributed by atoms with Gasteiger partial charge in [-0.1, -0.05) is 12.1 Å². The number of benzene rings is 2. The van der Waals surface area contributed by atoms with Gasteiger partial charge in [-0.05, 0) is 61.2 Å². The predicted molar refractivity (Wildman–Crippen MR) is 113 cm³/mol. The molecule has 3 rings (SSSR count). The zero-order chi connectivity index (χ0) is 20.8. The maximum Gasteiger partial charge on any atom is 0.224 e. The van der Waals surface area contributed by atoms with Crippen molar-refractivity contribution in [2.45, 2.75) is 32.7 Å². The van der Waals surface area contributed by atoms with Gasteiger partial charge in [-0.2, -0.15) is 0 Å². The van der Waals surface area contributed by atoms with E-state index in [-0.39, 0.29) is 17.8 Å². The van der Waals surface area contributed by atoms with Gasteiger partial charge in [0.15, 0.2) is 5.96 Å². The lowest BCUT2D eigenvalue weighted by molar-refractivity contribution is -0.116. The number of ether oxygens (including phenoxy) is 1. The van der Waals surface area contributed by atoms with Crippen LogP contribution in [0.1, 0.15) is 36.1 Å². The average molecular weight is 398 g/mol. The molecule has 1 heterocycles. The number of guanidine groups is 1. The summed E-state index contributed by atoms with van der Waals surface area (Å²) in [4.78, 5) is 15.6. The molecule has 2 aromatic rings. The molecule has 1 atom stereocenters. The summed E-state index contributed by atoms with van der Waals surface area (Å²) in [6.07, 6.45) is 1.23. The minimum atomic E-state index is -0.211. The maximum absolute atomic E-state index is 13.8. The maximum atomic E-state index is 13.8. The molecule has 0 aliphatic carbocycles. The first-order valence-electron chi connectivity index (χ1n) is 9.75. The van der Waals surface area contributed by atoms with Crippen LogP contribution in [0, 0.1) is 12.7 Å². The van der Waals surface area contributed by atoms with Crippen LogP contribution in [0.5, 0.6) is 5.75 Å². The van der Waals surface area contributed by atoms with Crippen LogP contribution < -0.4 is 20.7 Å². The van der Waals surface area contributed by atoms with E-state index in [1.54, 1.807) is 26.1 Å². The number of amides is 1. The topological polar surface area (TPSA) is 74.8 Å². The van der Waals surface area contributed by atoms with Crippen molar-refractivity contribution in [1.29, 1.82) is 0 Å². The normalized spacial score (nSPS) is 14.6. The lowest BCUT2D eigenvalue weighted by atomic mass is 10.0. The minimum absolute atomic E-state index is 0.0526. The Morgan fingerprint density at radius 2 is 2.10 bits per heavy atom. The fourth-order valence-corrected chi connectivity index (χ4v) is 3.15. The Balaban J connectivity index is 1.46. The second-order valence-electron chi connectivity index (χ2n) is 7.09. The third-order valence-corrected chi connectivity index (χ3v) is 4.91. The van der Waals surface area contributed by atoms with Crippen molar-refractivity contribution in [2.24, 2.45) is 4.99 Å². The number of rotatable bonds is 6. The van der Waals surface area contributed by atoms with Gasteiger partial charge in [0.1, 0.15) is 18.2 Å². The zero-order valence-electron chi connectivity index (χ0n) is 17.0. The second-order valence-corrected chi connectivity index (χ2v) is 7.09. The number of nitrogens with one attached hydrogen (secondary N) is 3. The molecule has 0 bridgehead atoms. The van der Waals surface area contributed by atoms with Gasteiger partial charge in [0, 0.05) is 19.2 Å². The average Bonchev–Trinajstić information content (AvgIpc) is 2.72. The molecule has 0 saturated carbocycles. The van der Waals surface area contributed by atoms with Crippen molar-refractivity contribution in [1.82, 2.24) is 10.6 Å². The molecule has 0 spiro atoms. The molecule has 7 heteroatoms. The molecular weight excluding hydrogens is 371 g/mol. The lowest BCUT2D eigenvalue weighted by Crippen LogP contribution is -2.40. The van der Waals surface area contributed by atoms with E-state index >= 15 is 0 Å². The summed E-state index contributed by atoms with van der Waals surface area (Å²) in [6.45, 7) is 4.72. The number of aryl methyl sites for hydroxylation is 2. The second kappa shape index (κ2) is 9.41. The van der Waals surface area contributed by atoms with E-state index in [4.69, 9.17) is 4.74 Å². The number of halogens is 1. The quantitative estimate of drug-likeness (QED) is 0.396. The van der Waals surface area contributed by atoms with E-state index in [0.29, 0.717) is 31.1 Å². The highest BCUT2D eigenvalue weighted by Crippen LogP contribution is 2.26. The number of hydrogen-bond donors (Lipinski definition) is 3. The summed E-state index contributed by atoms with van der Waals surface area (Å²) < 4.78 is 19.6. The van der Waals surface area contributed by atoms with Gasteiger partial charge in [-0.15, -0.1) is 0 Å². The lowest BCUT2D eigenvalue weighted by Gasteiger charge is -2.19. The Hall–Kier alpha value is -3.09. The predicted octanol–water partition coefficient (Wildman–Crippen LogP) is 3.32. The number of fused-ring (bicyclic) bond motifs is 1. The largest absolute Gasteiger partial charge is 0.492 e. The van der Waals surface area contributed by atoms with Gasteiger partial charge in [-0.25, -0.2) is 4.39 Å². The molecular formula is C22H27FN4O2. The van der Waals surface area contributed by atoms with Crippen molar-refractivity contribution in [2.75, 3.05) is 25.5 Å². The molecule has 29 heavy (non-hydrogen) atoms. The van der Waals surface area contributed by atoms with E-state index < -0.39 is 0 Å². The molecule has 3 N–H and O–H groups in total. The van der Waals surface area contributed by atoms with Gasteiger partial charge in [0.2, 0.25) is 5.91 Å².